The van der Waals surface area contributed by atoms with Gasteiger partial charge in [0.2, 0.25) is 11.8 Å². The van der Waals surface area contributed by atoms with Crippen LogP contribution in [-0.4, -0.2) is 48.3 Å². The van der Waals surface area contributed by atoms with Gasteiger partial charge in [-0.25, -0.2) is 9.69 Å². The zero-order valence-corrected chi connectivity index (χ0v) is 21.8. The van der Waals surface area contributed by atoms with Gasteiger partial charge in [0.25, 0.3) is 5.91 Å². The predicted octanol–water partition coefficient (Wildman–Crippen LogP) is 4.39. The normalized spacial score (nSPS) is 29.6. The van der Waals surface area contributed by atoms with Crippen LogP contribution in [-0.2, 0) is 25.5 Å². The van der Waals surface area contributed by atoms with Crippen LogP contribution in [0.5, 0.6) is 0 Å². The molecule has 2 aromatic rings. The van der Waals surface area contributed by atoms with Crippen LogP contribution in [0.3, 0.4) is 0 Å². The van der Waals surface area contributed by atoms with Crippen molar-refractivity contribution in [1.29, 1.82) is 0 Å². The topological polar surface area (TPSA) is 84.0 Å². The third-order valence-corrected chi connectivity index (χ3v) is 9.28. The van der Waals surface area contributed by atoms with E-state index in [4.69, 9.17) is 4.74 Å². The van der Waals surface area contributed by atoms with E-state index < -0.39 is 17.4 Å². The number of benzene rings is 2. The summed E-state index contributed by atoms with van der Waals surface area (Å²) in [5, 5.41) is 0. The second-order valence-corrected chi connectivity index (χ2v) is 11.8. The van der Waals surface area contributed by atoms with Crippen LogP contribution < -0.4 is 4.90 Å². The summed E-state index contributed by atoms with van der Waals surface area (Å²) in [6.45, 7) is 0.406. The van der Waals surface area contributed by atoms with Gasteiger partial charge in [-0.15, -0.1) is 0 Å². The third-order valence-electron chi connectivity index (χ3n) is 9.28. The lowest BCUT2D eigenvalue weighted by Gasteiger charge is -2.57. The Morgan fingerprint density at radius 3 is 2.11 bits per heavy atom. The molecule has 5 aliphatic rings. The number of methoxy groups -OCH3 is 1. The maximum atomic E-state index is 14.4. The minimum Gasteiger partial charge on any atom is -0.465 e. The summed E-state index contributed by atoms with van der Waals surface area (Å²) in [6.07, 6.45) is 7.02. The summed E-state index contributed by atoms with van der Waals surface area (Å²) in [4.78, 5) is 56.2. The van der Waals surface area contributed by atoms with E-state index in [9.17, 15) is 19.2 Å². The van der Waals surface area contributed by atoms with Crippen molar-refractivity contribution >= 4 is 29.4 Å². The first-order valence-corrected chi connectivity index (χ1v) is 13.8. The predicted molar refractivity (Wildman–Crippen MR) is 141 cm³/mol. The Morgan fingerprint density at radius 2 is 1.53 bits per heavy atom. The highest BCUT2D eigenvalue weighted by molar-refractivity contribution is 6.23. The molecule has 7 heteroatoms. The third kappa shape index (κ3) is 4.32. The number of nitrogens with zero attached hydrogens (tertiary/aromatic N) is 2. The van der Waals surface area contributed by atoms with Gasteiger partial charge < -0.3 is 9.64 Å². The zero-order chi connectivity index (χ0) is 26.4. The molecule has 7 nitrogen and oxygen atoms in total. The minimum atomic E-state index is -0.813. The Kier molecular flexibility index (Phi) is 6.33. The van der Waals surface area contributed by atoms with E-state index in [1.54, 1.807) is 29.2 Å². The van der Waals surface area contributed by atoms with Crippen molar-refractivity contribution in [2.45, 2.75) is 57.4 Å². The molecule has 3 amide bonds. The highest BCUT2D eigenvalue weighted by Gasteiger charge is 2.57. The molecule has 0 N–H and O–H groups in total. The lowest BCUT2D eigenvalue weighted by Crippen LogP contribution is -2.58. The van der Waals surface area contributed by atoms with E-state index in [-0.39, 0.29) is 24.1 Å². The van der Waals surface area contributed by atoms with Crippen molar-refractivity contribution in [1.82, 2.24) is 4.90 Å². The van der Waals surface area contributed by atoms with Crippen molar-refractivity contribution in [2.24, 2.45) is 23.2 Å². The van der Waals surface area contributed by atoms with E-state index in [0.29, 0.717) is 42.0 Å². The number of hydrogen-bond acceptors (Lipinski definition) is 5. The molecule has 1 aliphatic heterocycles. The van der Waals surface area contributed by atoms with Gasteiger partial charge in [-0.1, -0.05) is 30.3 Å². The number of ether oxygens (including phenoxy) is 1. The Hall–Kier alpha value is -3.48. The summed E-state index contributed by atoms with van der Waals surface area (Å²) in [7, 11) is 1.30. The Bertz CT molecular complexity index is 1220. The molecule has 38 heavy (non-hydrogen) atoms. The first kappa shape index (κ1) is 24.8. The molecule has 1 saturated heterocycles. The number of hydrogen-bond donors (Lipinski definition) is 0. The number of carbonyl (C=O) groups excluding carboxylic acids is 4. The summed E-state index contributed by atoms with van der Waals surface area (Å²) in [5.74, 6) is 0.704. The largest absolute Gasteiger partial charge is 0.465 e. The highest BCUT2D eigenvalue weighted by Crippen LogP contribution is 2.60. The molecule has 2 aromatic carbocycles. The smallest absolute Gasteiger partial charge is 0.337 e. The first-order valence-electron chi connectivity index (χ1n) is 13.8. The molecule has 4 aliphatic carbocycles. The minimum absolute atomic E-state index is 0.0233. The van der Waals surface area contributed by atoms with Crippen LogP contribution in [0.4, 0.5) is 5.69 Å². The van der Waals surface area contributed by atoms with Crippen molar-refractivity contribution in [3.63, 3.8) is 0 Å². The van der Waals surface area contributed by atoms with Crippen LogP contribution in [0.2, 0.25) is 0 Å². The molecule has 1 unspecified atom stereocenters. The standard InChI is InChI=1S/C31H34N2O5/c1-38-29(36)24-7-9-25(10-8-24)33-27(34)16-26(28(33)35)32(12-11-20-5-3-2-4-6-20)30(37)31-17-21-13-22(18-31)15-23(14-21)19-31/h2-10,21-23,26H,11-19H2,1H3. The van der Waals surface area contributed by atoms with E-state index in [0.717, 1.165) is 24.8 Å². The molecule has 0 spiro atoms. The number of imide groups is 1. The van der Waals surface area contributed by atoms with Gasteiger partial charge >= 0.3 is 5.97 Å². The summed E-state index contributed by atoms with van der Waals surface area (Å²) < 4.78 is 4.75. The molecule has 0 aromatic heterocycles. The summed E-state index contributed by atoms with van der Waals surface area (Å²) in [5.41, 5.74) is 1.45. The molecule has 198 valence electrons. The van der Waals surface area contributed by atoms with Gasteiger partial charge in [-0.05, 0) is 92.5 Å². The monoisotopic (exact) mass is 514 g/mol. The summed E-state index contributed by atoms with van der Waals surface area (Å²) >= 11 is 0. The second-order valence-electron chi connectivity index (χ2n) is 11.8. The van der Waals surface area contributed by atoms with Crippen LogP contribution >= 0.6 is 0 Å². The van der Waals surface area contributed by atoms with Gasteiger partial charge in [-0.3, -0.25) is 14.4 Å². The molecule has 5 fully saturated rings. The average molecular weight is 515 g/mol. The van der Waals surface area contributed by atoms with Gasteiger partial charge in [0, 0.05) is 6.54 Å². The van der Waals surface area contributed by atoms with E-state index in [1.165, 1.54) is 31.3 Å². The van der Waals surface area contributed by atoms with Gasteiger partial charge in [0.05, 0.1) is 30.2 Å². The molecule has 4 saturated carbocycles. The Morgan fingerprint density at radius 1 is 0.921 bits per heavy atom. The second kappa shape index (κ2) is 9.68. The Balaban J connectivity index is 1.28. The molecule has 1 heterocycles. The molecule has 1 atom stereocenters. The van der Waals surface area contributed by atoms with Crippen LogP contribution in [0, 0.1) is 23.2 Å². The van der Waals surface area contributed by atoms with E-state index in [1.807, 2.05) is 30.3 Å². The fourth-order valence-corrected chi connectivity index (χ4v) is 7.97. The van der Waals surface area contributed by atoms with Gasteiger partial charge in [-0.2, -0.15) is 0 Å². The highest BCUT2D eigenvalue weighted by atomic mass is 16.5. The van der Waals surface area contributed by atoms with E-state index in [2.05, 4.69) is 0 Å². The number of amides is 3. The maximum absolute atomic E-state index is 14.4. The average Bonchev–Trinajstić information content (AvgIpc) is 3.21. The number of rotatable bonds is 7. The molecular formula is C31H34N2O5. The molecule has 0 radical (unpaired) electrons. The fraction of sp³-hybridized carbons (Fsp3) is 0.484. The molecule has 7 rings (SSSR count). The quantitative estimate of drug-likeness (QED) is 0.404. The number of esters is 1. The van der Waals surface area contributed by atoms with Crippen molar-refractivity contribution in [3.8, 4) is 0 Å². The van der Waals surface area contributed by atoms with Crippen LogP contribution in [0.25, 0.3) is 0 Å². The lowest BCUT2D eigenvalue weighted by atomic mass is 9.49. The first-order chi connectivity index (χ1) is 18.4. The Labute approximate surface area is 223 Å². The summed E-state index contributed by atoms with van der Waals surface area (Å²) in [6, 6.07) is 15.4. The van der Waals surface area contributed by atoms with Gasteiger partial charge in [0.15, 0.2) is 0 Å². The molecule has 4 bridgehead atoms. The van der Waals surface area contributed by atoms with Gasteiger partial charge in [0.1, 0.15) is 6.04 Å². The van der Waals surface area contributed by atoms with Crippen LogP contribution in [0.15, 0.2) is 54.6 Å². The van der Waals surface area contributed by atoms with Crippen molar-refractivity contribution in [2.75, 3.05) is 18.6 Å². The molecular weight excluding hydrogens is 480 g/mol. The van der Waals surface area contributed by atoms with E-state index >= 15 is 0 Å². The SMILES string of the molecule is COC(=O)c1ccc(N2C(=O)CC(N(CCc3ccccc3)C(=O)C34CC5CC(CC(C5)C3)C4)C2=O)cc1. The van der Waals surface area contributed by atoms with Crippen molar-refractivity contribution in [3.05, 3.63) is 65.7 Å². The number of anilines is 1. The van der Waals surface area contributed by atoms with Crippen LogP contribution in [0.1, 0.15) is 60.9 Å². The number of carbonyl (C=O) groups is 4. The zero-order valence-electron chi connectivity index (χ0n) is 21.8. The maximum Gasteiger partial charge on any atom is 0.337 e. The fourth-order valence-electron chi connectivity index (χ4n) is 7.97. The lowest BCUT2D eigenvalue weighted by molar-refractivity contribution is -0.161. The van der Waals surface area contributed by atoms with Crippen molar-refractivity contribution < 1.29 is 23.9 Å².